The van der Waals surface area contributed by atoms with Gasteiger partial charge in [0.25, 0.3) is 0 Å². The molecular formula is C23H28N2O5. The largest absolute Gasteiger partial charge is 0.497 e. The van der Waals surface area contributed by atoms with Crippen molar-refractivity contribution < 1.29 is 24.5 Å². The first-order chi connectivity index (χ1) is 14.5. The lowest BCUT2D eigenvalue weighted by atomic mass is 10.1. The maximum atomic E-state index is 12.5. The summed E-state index contributed by atoms with van der Waals surface area (Å²) in [6, 6.07) is 14.1. The highest BCUT2D eigenvalue weighted by Crippen LogP contribution is 2.23. The number of aromatic carboxylic acids is 1. The number of carboxylic acid groups (broad SMARTS) is 1. The van der Waals surface area contributed by atoms with Gasteiger partial charge in [-0.3, -0.25) is 9.80 Å². The molecule has 3 rings (SSSR count). The van der Waals surface area contributed by atoms with Crippen molar-refractivity contribution in [3.63, 3.8) is 0 Å². The van der Waals surface area contributed by atoms with Gasteiger partial charge in [-0.2, -0.15) is 0 Å². The third-order valence-corrected chi connectivity index (χ3v) is 5.39. The van der Waals surface area contributed by atoms with E-state index in [9.17, 15) is 14.7 Å². The highest BCUT2D eigenvalue weighted by Gasteiger charge is 2.26. The lowest BCUT2D eigenvalue weighted by molar-refractivity contribution is -0.156. The number of carbonyl (C=O) groups excluding carboxylic acids is 1. The Morgan fingerprint density at radius 3 is 2.63 bits per heavy atom. The van der Waals surface area contributed by atoms with E-state index in [1.54, 1.807) is 36.4 Å². The number of ether oxygens (including phenoxy) is 1. The lowest BCUT2D eigenvalue weighted by Gasteiger charge is -2.39. The fourth-order valence-corrected chi connectivity index (χ4v) is 3.65. The first-order valence-corrected chi connectivity index (χ1v) is 10.2. The maximum Gasteiger partial charge on any atom is 0.335 e. The van der Waals surface area contributed by atoms with Crippen LogP contribution in [0.4, 0.5) is 0 Å². The molecule has 1 heterocycles. The summed E-state index contributed by atoms with van der Waals surface area (Å²) in [6.07, 6.45) is 1.83. The Morgan fingerprint density at radius 1 is 1.17 bits per heavy atom. The monoisotopic (exact) mass is 412 g/mol. The van der Waals surface area contributed by atoms with Crippen LogP contribution in [0, 0.1) is 0 Å². The summed E-state index contributed by atoms with van der Waals surface area (Å²) >= 11 is 0. The number of amides is 1. The van der Waals surface area contributed by atoms with Crippen molar-refractivity contribution in [2.75, 3.05) is 26.7 Å². The van der Waals surface area contributed by atoms with Crippen LogP contribution in [0.3, 0.4) is 0 Å². The highest BCUT2D eigenvalue weighted by molar-refractivity contribution is 5.87. The van der Waals surface area contributed by atoms with Crippen LogP contribution >= 0.6 is 0 Å². The van der Waals surface area contributed by atoms with Crippen molar-refractivity contribution in [2.24, 2.45) is 0 Å². The van der Waals surface area contributed by atoms with E-state index in [1.807, 2.05) is 29.3 Å². The zero-order chi connectivity index (χ0) is 21.5. The molecule has 1 fully saturated rings. The SMILES string of the molecule is COc1cccc(C(O)CCN2CCCC(=O)N2CCc2ccc(C(=O)O)cc2)c1. The second-order valence-corrected chi connectivity index (χ2v) is 7.41. The van der Waals surface area contributed by atoms with Crippen LogP contribution in [0.15, 0.2) is 48.5 Å². The summed E-state index contributed by atoms with van der Waals surface area (Å²) in [5.74, 6) is -0.164. The van der Waals surface area contributed by atoms with E-state index in [0.717, 1.165) is 24.1 Å². The van der Waals surface area contributed by atoms with Crippen LogP contribution in [-0.4, -0.2) is 58.9 Å². The average Bonchev–Trinajstić information content (AvgIpc) is 2.77. The summed E-state index contributed by atoms with van der Waals surface area (Å²) < 4.78 is 5.22. The molecule has 7 heteroatoms. The van der Waals surface area contributed by atoms with Gasteiger partial charge >= 0.3 is 5.97 Å². The number of hydrogen-bond acceptors (Lipinski definition) is 5. The molecule has 0 saturated carbocycles. The van der Waals surface area contributed by atoms with Gasteiger partial charge in [0, 0.05) is 26.1 Å². The van der Waals surface area contributed by atoms with E-state index in [4.69, 9.17) is 9.84 Å². The number of carbonyl (C=O) groups is 2. The number of methoxy groups -OCH3 is 1. The molecule has 30 heavy (non-hydrogen) atoms. The molecule has 1 saturated heterocycles. The van der Waals surface area contributed by atoms with Gasteiger partial charge in [-0.1, -0.05) is 24.3 Å². The Balaban J connectivity index is 1.58. The molecule has 1 amide bonds. The van der Waals surface area contributed by atoms with Crippen LogP contribution in [0.2, 0.25) is 0 Å². The van der Waals surface area contributed by atoms with E-state index in [1.165, 1.54) is 0 Å². The predicted molar refractivity (Wildman–Crippen MR) is 112 cm³/mol. The number of hydrazine groups is 1. The molecule has 2 aromatic carbocycles. The fourth-order valence-electron chi connectivity index (χ4n) is 3.65. The van der Waals surface area contributed by atoms with Crippen molar-refractivity contribution >= 4 is 11.9 Å². The van der Waals surface area contributed by atoms with E-state index in [2.05, 4.69) is 0 Å². The number of benzene rings is 2. The second kappa shape index (κ2) is 10.2. The average molecular weight is 412 g/mol. The molecule has 160 valence electrons. The minimum atomic E-state index is -0.950. The van der Waals surface area contributed by atoms with Crippen LogP contribution in [-0.2, 0) is 11.2 Å². The van der Waals surface area contributed by atoms with Gasteiger partial charge in [-0.15, -0.1) is 0 Å². The predicted octanol–water partition coefficient (Wildman–Crippen LogP) is 2.90. The van der Waals surface area contributed by atoms with Gasteiger partial charge in [-0.05, 0) is 54.7 Å². The molecular weight excluding hydrogens is 384 g/mol. The quantitative estimate of drug-likeness (QED) is 0.658. The number of aliphatic hydroxyl groups excluding tert-OH is 1. The summed E-state index contributed by atoms with van der Waals surface area (Å²) in [5.41, 5.74) is 2.03. The van der Waals surface area contributed by atoms with Crippen molar-refractivity contribution in [1.29, 1.82) is 0 Å². The maximum absolute atomic E-state index is 12.5. The number of carboxylic acids is 1. The molecule has 2 N–H and O–H groups in total. The number of nitrogens with zero attached hydrogens (tertiary/aromatic N) is 2. The third kappa shape index (κ3) is 5.58. The summed E-state index contributed by atoms with van der Waals surface area (Å²) in [6.45, 7) is 1.87. The molecule has 1 unspecified atom stereocenters. The first-order valence-electron chi connectivity index (χ1n) is 10.2. The number of rotatable bonds is 9. The topological polar surface area (TPSA) is 90.3 Å². The molecule has 0 aromatic heterocycles. The second-order valence-electron chi connectivity index (χ2n) is 7.41. The zero-order valence-electron chi connectivity index (χ0n) is 17.2. The van der Waals surface area contributed by atoms with Gasteiger partial charge in [0.15, 0.2) is 0 Å². The Morgan fingerprint density at radius 2 is 1.93 bits per heavy atom. The van der Waals surface area contributed by atoms with E-state index >= 15 is 0 Å². The van der Waals surface area contributed by atoms with Gasteiger partial charge in [0.05, 0.1) is 18.8 Å². The summed E-state index contributed by atoms with van der Waals surface area (Å²) in [5, 5.41) is 23.4. The van der Waals surface area contributed by atoms with Crippen LogP contribution in [0.1, 0.15) is 46.9 Å². The van der Waals surface area contributed by atoms with Gasteiger partial charge < -0.3 is 14.9 Å². The minimum absolute atomic E-state index is 0.0827. The standard InChI is InChI=1S/C23H28N2O5/c1-30-20-5-2-4-19(16-20)21(26)12-14-24-13-3-6-22(27)25(24)15-11-17-7-9-18(10-8-17)23(28)29/h2,4-5,7-10,16,21,26H,3,6,11-15H2,1H3,(H,28,29). The van der Waals surface area contributed by atoms with E-state index < -0.39 is 12.1 Å². The van der Waals surface area contributed by atoms with Crippen LogP contribution in [0.5, 0.6) is 5.75 Å². The molecule has 0 radical (unpaired) electrons. The minimum Gasteiger partial charge on any atom is -0.497 e. The van der Waals surface area contributed by atoms with Crippen molar-refractivity contribution in [3.05, 3.63) is 65.2 Å². The lowest BCUT2D eigenvalue weighted by Crippen LogP contribution is -2.51. The Labute approximate surface area is 176 Å². The van der Waals surface area contributed by atoms with Crippen LogP contribution < -0.4 is 4.74 Å². The van der Waals surface area contributed by atoms with Crippen molar-refractivity contribution in [1.82, 2.24) is 10.0 Å². The Kier molecular flexibility index (Phi) is 7.43. The molecule has 2 aromatic rings. The van der Waals surface area contributed by atoms with Crippen LogP contribution in [0.25, 0.3) is 0 Å². The smallest absolute Gasteiger partial charge is 0.335 e. The van der Waals surface area contributed by atoms with Gasteiger partial charge in [0.1, 0.15) is 5.75 Å². The van der Waals surface area contributed by atoms with Crippen molar-refractivity contribution in [3.8, 4) is 5.75 Å². The van der Waals surface area contributed by atoms with E-state index in [-0.39, 0.29) is 11.5 Å². The Bertz CT molecular complexity index is 868. The molecule has 0 aliphatic carbocycles. The molecule has 7 nitrogen and oxygen atoms in total. The molecule has 0 spiro atoms. The summed E-state index contributed by atoms with van der Waals surface area (Å²) in [7, 11) is 1.60. The third-order valence-electron chi connectivity index (χ3n) is 5.39. The highest BCUT2D eigenvalue weighted by atomic mass is 16.5. The molecule has 0 bridgehead atoms. The van der Waals surface area contributed by atoms with E-state index in [0.29, 0.717) is 38.1 Å². The fraction of sp³-hybridized carbons (Fsp3) is 0.391. The summed E-state index contributed by atoms with van der Waals surface area (Å²) in [4.78, 5) is 23.5. The molecule has 1 aliphatic heterocycles. The molecule has 1 aliphatic rings. The normalized spacial score (nSPS) is 15.8. The zero-order valence-corrected chi connectivity index (χ0v) is 17.2. The van der Waals surface area contributed by atoms with Gasteiger partial charge in [0.2, 0.25) is 5.91 Å². The number of hydrogen-bond donors (Lipinski definition) is 2. The van der Waals surface area contributed by atoms with Gasteiger partial charge in [-0.25, -0.2) is 9.80 Å². The number of aliphatic hydroxyl groups is 1. The first kappa shape index (κ1) is 21.8. The van der Waals surface area contributed by atoms with Crippen molar-refractivity contribution in [2.45, 2.75) is 31.8 Å². The Hall–Kier alpha value is -2.90. The molecule has 1 atom stereocenters.